The molecule has 0 unspecified atom stereocenters. The number of benzene rings is 2. The molecule has 0 atom stereocenters. The lowest BCUT2D eigenvalue weighted by molar-refractivity contribution is 0.171. The fourth-order valence-corrected chi connectivity index (χ4v) is 4.93. The van der Waals surface area contributed by atoms with Crippen LogP contribution in [-0.2, 0) is 9.84 Å². The third kappa shape index (κ3) is 3.73. The fraction of sp³-hybridized carbons (Fsp3) is 0.118. The summed E-state index contributed by atoms with van der Waals surface area (Å²) in [4.78, 5) is -0.338. The molecule has 0 bridgehead atoms. The third-order valence-corrected chi connectivity index (χ3v) is 6.60. The number of nitriles is 1. The number of allylic oxidation sites excluding steroid dienone is 1. The molecule has 0 aromatic heterocycles. The van der Waals surface area contributed by atoms with Crippen LogP contribution in [0.25, 0.3) is 6.08 Å². The van der Waals surface area contributed by atoms with E-state index in [0.29, 0.717) is 39.2 Å². The first-order chi connectivity index (χ1) is 11.9. The van der Waals surface area contributed by atoms with Gasteiger partial charge in [0.1, 0.15) is 24.2 Å². The van der Waals surface area contributed by atoms with Gasteiger partial charge in [0.05, 0.1) is 4.90 Å². The lowest BCUT2D eigenvalue weighted by Crippen LogP contribution is -2.15. The maximum Gasteiger partial charge on any atom is 0.217 e. The Morgan fingerprint density at radius 3 is 2.52 bits per heavy atom. The Bertz CT molecular complexity index is 1010. The molecule has 5 nitrogen and oxygen atoms in total. The van der Waals surface area contributed by atoms with Crippen LogP contribution in [0.5, 0.6) is 11.5 Å². The van der Waals surface area contributed by atoms with Crippen molar-refractivity contribution >= 4 is 47.8 Å². The van der Waals surface area contributed by atoms with Crippen LogP contribution in [0.3, 0.4) is 0 Å². The summed E-state index contributed by atoms with van der Waals surface area (Å²) in [5.41, 5.74) is 0.537. The van der Waals surface area contributed by atoms with E-state index in [0.717, 1.165) is 0 Å². The second-order valence-electron chi connectivity index (χ2n) is 5.10. The Balaban J connectivity index is 2.06. The molecule has 2 aromatic rings. The Morgan fingerprint density at radius 1 is 1.08 bits per heavy atom. The summed E-state index contributed by atoms with van der Waals surface area (Å²) in [5, 5.41) is 9.40. The van der Waals surface area contributed by atoms with Crippen molar-refractivity contribution in [1.29, 1.82) is 5.26 Å². The van der Waals surface area contributed by atoms with Gasteiger partial charge in [0.15, 0.2) is 11.5 Å². The normalized spacial score (nSPS) is 14.0. The van der Waals surface area contributed by atoms with Crippen LogP contribution < -0.4 is 9.47 Å². The number of rotatable bonds is 3. The first-order valence-corrected chi connectivity index (χ1v) is 10.2. The SMILES string of the molecule is N#C/C(=C\c1ccc2c(c1)OCCO2)S(=O)(=O)c1cc(Br)ccc1Br. The first kappa shape index (κ1) is 18.0. The van der Waals surface area contributed by atoms with Crippen molar-refractivity contribution in [2.75, 3.05) is 13.2 Å². The predicted molar refractivity (Wildman–Crippen MR) is 100 cm³/mol. The number of halogens is 2. The quantitative estimate of drug-likeness (QED) is 0.606. The Labute approximate surface area is 162 Å². The molecule has 0 amide bonds. The maximum atomic E-state index is 12.8. The molecule has 0 saturated heterocycles. The Hall–Kier alpha value is -1.82. The van der Waals surface area contributed by atoms with Crippen molar-refractivity contribution in [2.24, 2.45) is 0 Å². The van der Waals surface area contributed by atoms with Gasteiger partial charge in [0.25, 0.3) is 0 Å². The lowest BCUT2D eigenvalue weighted by Gasteiger charge is -2.18. The molecule has 0 aliphatic carbocycles. The van der Waals surface area contributed by atoms with E-state index in [9.17, 15) is 13.7 Å². The molecule has 0 spiro atoms. The van der Waals surface area contributed by atoms with Gasteiger partial charge in [-0.25, -0.2) is 8.42 Å². The van der Waals surface area contributed by atoms with Crippen LogP contribution in [0.2, 0.25) is 0 Å². The molecule has 0 radical (unpaired) electrons. The Morgan fingerprint density at radius 2 is 1.80 bits per heavy atom. The minimum Gasteiger partial charge on any atom is -0.486 e. The molecule has 128 valence electrons. The number of hydrogen-bond acceptors (Lipinski definition) is 5. The molecule has 0 N–H and O–H groups in total. The second-order valence-corrected chi connectivity index (χ2v) is 8.76. The van der Waals surface area contributed by atoms with Crippen LogP contribution in [0.1, 0.15) is 5.56 Å². The highest BCUT2D eigenvalue weighted by Crippen LogP contribution is 2.33. The molecule has 3 rings (SSSR count). The van der Waals surface area contributed by atoms with Gasteiger partial charge in [-0.3, -0.25) is 0 Å². The van der Waals surface area contributed by atoms with Gasteiger partial charge < -0.3 is 9.47 Å². The van der Waals surface area contributed by atoms with Crippen molar-refractivity contribution in [1.82, 2.24) is 0 Å². The van der Waals surface area contributed by atoms with E-state index in [4.69, 9.17) is 9.47 Å². The highest BCUT2D eigenvalue weighted by Gasteiger charge is 2.24. The van der Waals surface area contributed by atoms with E-state index in [2.05, 4.69) is 31.9 Å². The summed E-state index contributed by atoms with van der Waals surface area (Å²) in [6, 6.07) is 11.6. The molecule has 0 saturated carbocycles. The van der Waals surface area contributed by atoms with E-state index >= 15 is 0 Å². The van der Waals surface area contributed by atoms with E-state index in [-0.39, 0.29) is 9.80 Å². The van der Waals surface area contributed by atoms with Crippen molar-refractivity contribution < 1.29 is 17.9 Å². The number of ether oxygens (including phenoxy) is 2. The zero-order valence-corrected chi connectivity index (χ0v) is 16.7. The zero-order chi connectivity index (χ0) is 18.0. The van der Waals surface area contributed by atoms with Gasteiger partial charge in [-0.05, 0) is 57.9 Å². The van der Waals surface area contributed by atoms with E-state index in [1.54, 1.807) is 36.4 Å². The fourth-order valence-electron chi connectivity index (χ4n) is 2.27. The molecule has 1 heterocycles. The average Bonchev–Trinajstić information content (AvgIpc) is 2.61. The van der Waals surface area contributed by atoms with E-state index in [1.165, 1.54) is 12.1 Å². The van der Waals surface area contributed by atoms with E-state index in [1.807, 2.05) is 0 Å². The molecular formula is C17H11Br2NO4S. The predicted octanol–water partition coefficient (Wildman–Crippen LogP) is 4.32. The summed E-state index contributed by atoms with van der Waals surface area (Å²) >= 11 is 6.48. The van der Waals surface area contributed by atoms with Crippen LogP contribution in [-0.4, -0.2) is 21.6 Å². The number of nitrogens with zero attached hydrogens (tertiary/aromatic N) is 1. The van der Waals surface area contributed by atoms with Gasteiger partial charge in [0, 0.05) is 8.95 Å². The smallest absolute Gasteiger partial charge is 0.217 e. The van der Waals surface area contributed by atoms with Gasteiger partial charge in [-0.2, -0.15) is 5.26 Å². The van der Waals surface area contributed by atoms with Crippen molar-refractivity contribution in [2.45, 2.75) is 4.90 Å². The van der Waals surface area contributed by atoms with Gasteiger partial charge in [0.2, 0.25) is 9.84 Å². The van der Waals surface area contributed by atoms with Crippen LogP contribution >= 0.6 is 31.9 Å². The minimum absolute atomic E-state index is 0.0206. The topological polar surface area (TPSA) is 76.4 Å². The highest BCUT2D eigenvalue weighted by atomic mass is 79.9. The summed E-state index contributed by atoms with van der Waals surface area (Å²) in [6.07, 6.45) is 1.32. The van der Waals surface area contributed by atoms with Crippen LogP contribution in [0.15, 0.2) is 55.1 Å². The molecule has 1 aliphatic heterocycles. The van der Waals surface area contributed by atoms with E-state index < -0.39 is 9.84 Å². The van der Waals surface area contributed by atoms with Crippen LogP contribution in [0, 0.1) is 11.3 Å². The third-order valence-electron chi connectivity index (χ3n) is 3.45. The van der Waals surface area contributed by atoms with Gasteiger partial charge >= 0.3 is 0 Å². The van der Waals surface area contributed by atoms with Crippen molar-refractivity contribution in [3.63, 3.8) is 0 Å². The van der Waals surface area contributed by atoms with Gasteiger partial charge in [-0.1, -0.05) is 22.0 Å². The lowest BCUT2D eigenvalue weighted by atomic mass is 10.2. The summed E-state index contributed by atoms with van der Waals surface area (Å²) in [7, 11) is -3.97. The van der Waals surface area contributed by atoms with Gasteiger partial charge in [-0.15, -0.1) is 0 Å². The first-order valence-electron chi connectivity index (χ1n) is 7.13. The monoisotopic (exact) mass is 483 g/mol. The largest absolute Gasteiger partial charge is 0.486 e. The average molecular weight is 485 g/mol. The maximum absolute atomic E-state index is 12.8. The standard InChI is InChI=1S/C17H11Br2NO4S/c18-12-2-3-14(19)17(9-12)25(21,22)13(10-20)7-11-1-4-15-16(8-11)24-6-5-23-15/h1-4,7-9H,5-6H2/b13-7+. The second kappa shape index (κ2) is 7.20. The molecular weight excluding hydrogens is 474 g/mol. The van der Waals surface area contributed by atoms with Crippen molar-refractivity contribution in [3.8, 4) is 17.6 Å². The summed E-state index contributed by atoms with van der Waals surface area (Å²) < 4.78 is 37.6. The summed E-state index contributed by atoms with van der Waals surface area (Å²) in [5.74, 6) is 1.12. The number of fused-ring (bicyclic) bond motifs is 1. The number of hydrogen-bond donors (Lipinski definition) is 0. The Kier molecular flexibility index (Phi) is 5.18. The highest BCUT2D eigenvalue weighted by molar-refractivity contribution is 9.11. The zero-order valence-electron chi connectivity index (χ0n) is 12.7. The summed E-state index contributed by atoms with van der Waals surface area (Å²) in [6.45, 7) is 0.894. The molecule has 0 fully saturated rings. The van der Waals surface area contributed by atoms with Crippen LogP contribution in [0.4, 0.5) is 0 Å². The van der Waals surface area contributed by atoms with Crippen molar-refractivity contribution in [3.05, 3.63) is 55.8 Å². The minimum atomic E-state index is -3.97. The molecule has 1 aliphatic rings. The molecule has 25 heavy (non-hydrogen) atoms. The molecule has 8 heteroatoms. The number of sulfone groups is 1. The molecule has 2 aromatic carbocycles.